The fraction of sp³-hybridized carbons (Fsp3) is 0.478. The first kappa shape index (κ1) is 25.1. The lowest BCUT2D eigenvalue weighted by atomic mass is 10.2. The Morgan fingerprint density at radius 3 is 2.70 bits per heavy atom. The number of rotatable bonds is 9. The van der Waals surface area contributed by atoms with Gasteiger partial charge in [0.2, 0.25) is 5.91 Å². The lowest BCUT2D eigenvalue weighted by Crippen LogP contribution is -2.56. The van der Waals surface area contributed by atoms with Crippen LogP contribution in [0.1, 0.15) is 32.3 Å². The number of hydrogen-bond acceptors (Lipinski definition) is 6. The molecule has 3 rings (SSSR count). The number of hydrogen-bond donors (Lipinski definition) is 2. The molecular formula is C23H31ClN6O2S. The van der Waals surface area contributed by atoms with Gasteiger partial charge in [0.1, 0.15) is 11.0 Å². The second kappa shape index (κ2) is 12.6. The number of benzene rings is 1. The van der Waals surface area contributed by atoms with Crippen molar-refractivity contribution in [2.24, 2.45) is 0 Å². The van der Waals surface area contributed by atoms with Crippen LogP contribution in [-0.4, -0.2) is 64.8 Å². The van der Waals surface area contributed by atoms with Crippen molar-refractivity contribution >= 4 is 41.1 Å². The molecule has 2 aromatic rings. The summed E-state index contributed by atoms with van der Waals surface area (Å²) in [6.07, 6.45) is 2.03. The zero-order valence-corrected chi connectivity index (χ0v) is 20.7. The number of carbonyl (C=O) groups is 2. The van der Waals surface area contributed by atoms with Crippen molar-refractivity contribution in [1.82, 2.24) is 25.5 Å². The number of carbonyl (C=O) groups excluding carboxylic acids is 2. The molecule has 1 aromatic carbocycles. The normalized spacial score (nSPS) is 15.9. The van der Waals surface area contributed by atoms with Crippen molar-refractivity contribution in [3.8, 4) is 0 Å². The quantitative estimate of drug-likeness (QED) is 0.242. The van der Waals surface area contributed by atoms with Gasteiger partial charge in [0, 0.05) is 44.8 Å². The van der Waals surface area contributed by atoms with Crippen LogP contribution in [0.15, 0.2) is 41.6 Å². The zero-order chi connectivity index (χ0) is 23.6. The molecule has 8 nitrogen and oxygen atoms in total. The molecule has 10 heteroatoms. The Balaban J connectivity index is 1.52. The van der Waals surface area contributed by atoms with Crippen molar-refractivity contribution in [2.45, 2.75) is 44.4 Å². The molecule has 0 bridgehead atoms. The third-order valence-corrected chi connectivity index (χ3v) is 6.39. The van der Waals surface area contributed by atoms with Crippen LogP contribution in [0.25, 0.3) is 0 Å². The number of piperazine rings is 1. The molecule has 2 N–H and O–H groups in total. The molecule has 1 atom stereocenters. The minimum absolute atomic E-state index is 0.0194. The Hall–Kier alpha value is -2.52. The predicted octanol–water partition coefficient (Wildman–Crippen LogP) is 3.56. The number of amides is 3. The summed E-state index contributed by atoms with van der Waals surface area (Å²) in [6, 6.07) is 11.5. The van der Waals surface area contributed by atoms with E-state index in [9.17, 15) is 9.59 Å². The van der Waals surface area contributed by atoms with Crippen molar-refractivity contribution in [1.29, 1.82) is 0 Å². The summed E-state index contributed by atoms with van der Waals surface area (Å²) in [5.74, 6) is 0.819. The van der Waals surface area contributed by atoms with Crippen LogP contribution in [0.5, 0.6) is 0 Å². The number of nitrogens with zero attached hydrogens (tertiary/aromatic N) is 4. The molecule has 1 saturated heterocycles. The van der Waals surface area contributed by atoms with Gasteiger partial charge in [0.05, 0.1) is 5.75 Å². The first-order valence-corrected chi connectivity index (χ1v) is 12.6. The van der Waals surface area contributed by atoms with Crippen LogP contribution < -0.4 is 15.5 Å². The molecule has 1 unspecified atom stereocenters. The Labute approximate surface area is 204 Å². The summed E-state index contributed by atoms with van der Waals surface area (Å²) in [6.45, 7) is 7.21. The average molecular weight is 491 g/mol. The largest absolute Gasteiger partial charge is 0.353 e. The van der Waals surface area contributed by atoms with Gasteiger partial charge < -0.3 is 20.4 Å². The fourth-order valence-electron chi connectivity index (χ4n) is 3.53. The molecule has 1 aliphatic heterocycles. The SMILES string of the molecule is CCCCNC(=O)N1CCN(c2cc(Cl)nc(SCC(=O)NCc3ccccc3)n2)CC1C. The highest BCUT2D eigenvalue weighted by atomic mass is 35.5. The van der Waals surface area contributed by atoms with Gasteiger partial charge in [-0.3, -0.25) is 4.79 Å². The van der Waals surface area contributed by atoms with Gasteiger partial charge in [-0.15, -0.1) is 0 Å². The fourth-order valence-corrected chi connectivity index (χ4v) is 4.44. The maximum atomic E-state index is 12.4. The van der Waals surface area contributed by atoms with E-state index in [1.807, 2.05) is 42.2 Å². The molecule has 1 fully saturated rings. The molecule has 1 aliphatic rings. The summed E-state index contributed by atoms with van der Waals surface area (Å²) < 4.78 is 0. The summed E-state index contributed by atoms with van der Waals surface area (Å²) in [5.41, 5.74) is 1.05. The Morgan fingerprint density at radius 2 is 1.97 bits per heavy atom. The summed E-state index contributed by atoms with van der Waals surface area (Å²) in [5, 5.41) is 6.68. The highest BCUT2D eigenvalue weighted by Gasteiger charge is 2.28. The molecular weight excluding hydrogens is 460 g/mol. The number of halogens is 1. The lowest BCUT2D eigenvalue weighted by Gasteiger charge is -2.40. The standard InChI is InChI=1S/C23H31ClN6O2S/c1-3-4-10-25-23(32)30-12-11-29(15-17(30)2)20-13-19(24)27-22(28-20)33-16-21(31)26-14-18-8-6-5-7-9-18/h5-9,13,17H,3-4,10-12,14-16H2,1-2H3,(H,25,32)(H,26,31). The maximum absolute atomic E-state index is 12.4. The van der Waals surface area contributed by atoms with E-state index < -0.39 is 0 Å². The van der Waals surface area contributed by atoms with E-state index >= 15 is 0 Å². The van der Waals surface area contributed by atoms with E-state index in [1.54, 1.807) is 6.07 Å². The summed E-state index contributed by atoms with van der Waals surface area (Å²) >= 11 is 7.50. The lowest BCUT2D eigenvalue weighted by molar-refractivity contribution is -0.118. The Morgan fingerprint density at radius 1 is 1.18 bits per heavy atom. The van der Waals surface area contributed by atoms with E-state index in [0.29, 0.717) is 48.9 Å². The summed E-state index contributed by atoms with van der Waals surface area (Å²) in [4.78, 5) is 37.5. The molecule has 0 saturated carbocycles. The minimum atomic E-state index is -0.0923. The third-order valence-electron chi connectivity index (χ3n) is 5.34. The average Bonchev–Trinajstić information content (AvgIpc) is 2.81. The minimum Gasteiger partial charge on any atom is -0.353 e. The van der Waals surface area contributed by atoms with Crippen molar-refractivity contribution in [2.75, 3.05) is 36.8 Å². The monoisotopic (exact) mass is 490 g/mol. The van der Waals surface area contributed by atoms with E-state index in [1.165, 1.54) is 11.8 Å². The predicted molar refractivity (Wildman–Crippen MR) is 133 cm³/mol. The second-order valence-electron chi connectivity index (χ2n) is 7.96. The topological polar surface area (TPSA) is 90.5 Å². The summed E-state index contributed by atoms with van der Waals surface area (Å²) in [7, 11) is 0. The van der Waals surface area contributed by atoms with Crippen molar-refractivity contribution in [3.63, 3.8) is 0 Å². The van der Waals surface area contributed by atoms with Crippen molar-refractivity contribution < 1.29 is 9.59 Å². The third kappa shape index (κ3) is 7.78. The van der Waals surface area contributed by atoms with Gasteiger partial charge in [0.25, 0.3) is 0 Å². The molecule has 0 radical (unpaired) electrons. The number of aromatic nitrogens is 2. The van der Waals surface area contributed by atoms with E-state index in [2.05, 4.69) is 32.4 Å². The van der Waals surface area contributed by atoms with E-state index in [4.69, 9.17) is 11.6 Å². The molecule has 3 amide bonds. The Bertz CT molecular complexity index is 932. The van der Waals surface area contributed by atoms with E-state index in [-0.39, 0.29) is 23.7 Å². The van der Waals surface area contributed by atoms with Crippen LogP contribution in [0.2, 0.25) is 5.15 Å². The zero-order valence-electron chi connectivity index (χ0n) is 19.1. The molecule has 178 valence electrons. The molecule has 0 aliphatic carbocycles. The van der Waals surface area contributed by atoms with Gasteiger partial charge in [0.15, 0.2) is 5.16 Å². The number of anilines is 1. The van der Waals surface area contributed by atoms with Gasteiger partial charge in [-0.1, -0.05) is 67.0 Å². The first-order chi connectivity index (χ1) is 16.0. The maximum Gasteiger partial charge on any atom is 0.317 e. The number of nitrogens with one attached hydrogen (secondary N) is 2. The smallest absolute Gasteiger partial charge is 0.317 e. The molecule has 2 heterocycles. The molecule has 33 heavy (non-hydrogen) atoms. The molecule has 1 aromatic heterocycles. The van der Waals surface area contributed by atoms with Crippen LogP contribution in [0.3, 0.4) is 0 Å². The molecule has 0 spiro atoms. The Kier molecular flexibility index (Phi) is 9.62. The number of thioether (sulfide) groups is 1. The van der Waals surface area contributed by atoms with E-state index in [0.717, 1.165) is 18.4 Å². The van der Waals surface area contributed by atoms with Crippen molar-refractivity contribution in [3.05, 3.63) is 47.1 Å². The van der Waals surface area contributed by atoms with Crippen LogP contribution >= 0.6 is 23.4 Å². The van der Waals surface area contributed by atoms with Gasteiger partial charge in [-0.2, -0.15) is 0 Å². The first-order valence-electron chi connectivity index (χ1n) is 11.2. The number of unbranched alkanes of at least 4 members (excludes halogenated alkanes) is 1. The van der Waals surface area contributed by atoms with Crippen LogP contribution in [0, 0.1) is 0 Å². The highest BCUT2D eigenvalue weighted by Crippen LogP contribution is 2.24. The highest BCUT2D eigenvalue weighted by molar-refractivity contribution is 7.99. The van der Waals surface area contributed by atoms with Gasteiger partial charge in [-0.05, 0) is 18.9 Å². The van der Waals surface area contributed by atoms with Gasteiger partial charge >= 0.3 is 6.03 Å². The van der Waals surface area contributed by atoms with Gasteiger partial charge in [-0.25, -0.2) is 14.8 Å². The van der Waals surface area contributed by atoms with Crippen LogP contribution in [-0.2, 0) is 11.3 Å². The van der Waals surface area contributed by atoms with Crippen LogP contribution in [0.4, 0.5) is 10.6 Å². The second-order valence-corrected chi connectivity index (χ2v) is 9.29. The number of urea groups is 1.